The average Bonchev–Trinajstić information content (AvgIpc) is 3.21. The maximum Gasteiger partial charge on any atom is 0.261 e. The van der Waals surface area contributed by atoms with Crippen molar-refractivity contribution in [2.75, 3.05) is 31.0 Å². The molecule has 2 aromatic carbocycles. The first-order valence-electron chi connectivity index (χ1n) is 9.25. The van der Waals surface area contributed by atoms with Crippen LogP contribution in [0.1, 0.15) is 23.7 Å². The van der Waals surface area contributed by atoms with Crippen LogP contribution >= 0.6 is 11.6 Å². The molecule has 156 valence electrons. The molecule has 29 heavy (non-hydrogen) atoms. The number of anilines is 1. The van der Waals surface area contributed by atoms with E-state index in [0.29, 0.717) is 31.2 Å². The maximum atomic E-state index is 13.3. The highest BCUT2D eigenvalue weighted by molar-refractivity contribution is 7.92. The van der Waals surface area contributed by atoms with Crippen LogP contribution in [0.2, 0.25) is 5.02 Å². The molecule has 0 saturated carbocycles. The molecule has 1 saturated heterocycles. The lowest BCUT2D eigenvalue weighted by Gasteiger charge is -2.24. The molecule has 0 bridgehead atoms. The van der Waals surface area contributed by atoms with Crippen LogP contribution in [0.5, 0.6) is 0 Å². The van der Waals surface area contributed by atoms with Gasteiger partial charge in [0.1, 0.15) is 5.82 Å². The number of nitrogens with zero attached hydrogens (tertiary/aromatic N) is 1. The molecule has 1 amide bonds. The van der Waals surface area contributed by atoms with Gasteiger partial charge in [-0.25, -0.2) is 12.8 Å². The highest BCUT2D eigenvalue weighted by Crippen LogP contribution is 2.22. The molecular formula is C20H22ClFN2O4S. The minimum absolute atomic E-state index is 0.112. The Balaban J connectivity index is 1.70. The Morgan fingerprint density at radius 1 is 1.28 bits per heavy atom. The molecule has 0 aliphatic carbocycles. The van der Waals surface area contributed by atoms with Crippen molar-refractivity contribution in [3.8, 4) is 0 Å². The van der Waals surface area contributed by atoms with Gasteiger partial charge in [0.2, 0.25) is 0 Å². The summed E-state index contributed by atoms with van der Waals surface area (Å²) >= 11 is 5.67. The molecule has 0 spiro atoms. The second kappa shape index (κ2) is 9.11. The number of hydrogen-bond donors (Lipinski definition) is 1. The summed E-state index contributed by atoms with van der Waals surface area (Å²) in [7, 11) is -3.93. The molecule has 1 unspecified atom stereocenters. The average molecular weight is 441 g/mol. The van der Waals surface area contributed by atoms with Crippen molar-refractivity contribution in [1.29, 1.82) is 0 Å². The van der Waals surface area contributed by atoms with E-state index < -0.39 is 15.8 Å². The normalized spacial score (nSPS) is 16.6. The molecular weight excluding hydrogens is 419 g/mol. The van der Waals surface area contributed by atoms with Gasteiger partial charge in [-0.05, 0) is 55.8 Å². The lowest BCUT2D eigenvalue weighted by molar-refractivity contribution is 0.0731. The molecule has 1 heterocycles. The van der Waals surface area contributed by atoms with Crippen LogP contribution < -0.4 is 4.72 Å². The van der Waals surface area contributed by atoms with E-state index in [0.717, 1.165) is 31.2 Å². The van der Waals surface area contributed by atoms with Gasteiger partial charge in [0, 0.05) is 36.9 Å². The Morgan fingerprint density at radius 3 is 2.59 bits per heavy atom. The summed E-state index contributed by atoms with van der Waals surface area (Å²) in [5.74, 6) is -0.468. The standard InChI is InChI=1S/C20H22ClFN2O4S/c1-2-24(12-14-9-10-28-13-14)20(25)15-3-5-16(6-4-15)23-29(26,27)17-7-8-19(22)18(21)11-17/h3-8,11,14,23H,2,9-10,12-13H2,1H3. The molecule has 1 atom stereocenters. The number of nitrogens with one attached hydrogen (secondary N) is 1. The summed E-state index contributed by atoms with van der Waals surface area (Å²) in [6.45, 7) is 4.52. The smallest absolute Gasteiger partial charge is 0.261 e. The highest BCUT2D eigenvalue weighted by atomic mass is 35.5. The van der Waals surface area contributed by atoms with Gasteiger partial charge >= 0.3 is 0 Å². The lowest BCUT2D eigenvalue weighted by atomic mass is 10.1. The minimum Gasteiger partial charge on any atom is -0.381 e. The molecule has 1 aliphatic rings. The van der Waals surface area contributed by atoms with Crippen molar-refractivity contribution in [2.24, 2.45) is 5.92 Å². The first kappa shape index (κ1) is 21.5. The predicted molar refractivity (Wildman–Crippen MR) is 109 cm³/mol. The van der Waals surface area contributed by atoms with Crippen molar-refractivity contribution in [2.45, 2.75) is 18.2 Å². The number of hydrogen-bond acceptors (Lipinski definition) is 4. The Bertz CT molecular complexity index is 976. The fraction of sp³-hybridized carbons (Fsp3) is 0.350. The van der Waals surface area contributed by atoms with E-state index in [1.165, 1.54) is 12.1 Å². The number of rotatable bonds is 7. The summed E-state index contributed by atoms with van der Waals surface area (Å²) in [5, 5.41) is -0.277. The lowest BCUT2D eigenvalue weighted by Crippen LogP contribution is -2.35. The van der Waals surface area contributed by atoms with E-state index in [9.17, 15) is 17.6 Å². The van der Waals surface area contributed by atoms with Gasteiger partial charge < -0.3 is 9.64 Å². The molecule has 1 fully saturated rings. The van der Waals surface area contributed by atoms with Crippen molar-refractivity contribution in [3.05, 3.63) is 58.9 Å². The Morgan fingerprint density at radius 2 is 2.00 bits per heavy atom. The van der Waals surface area contributed by atoms with Crippen molar-refractivity contribution < 1.29 is 22.3 Å². The Kier molecular flexibility index (Phi) is 6.77. The second-order valence-corrected chi connectivity index (χ2v) is 8.92. The van der Waals surface area contributed by atoms with Crippen LogP contribution in [0.3, 0.4) is 0 Å². The molecule has 9 heteroatoms. The Hall–Kier alpha value is -2.16. The van der Waals surface area contributed by atoms with Gasteiger partial charge in [0.15, 0.2) is 0 Å². The topological polar surface area (TPSA) is 75.7 Å². The van der Waals surface area contributed by atoms with E-state index in [-0.39, 0.29) is 21.5 Å². The number of sulfonamides is 1. The quantitative estimate of drug-likeness (QED) is 0.710. The molecule has 2 aromatic rings. The molecule has 0 aromatic heterocycles. The van der Waals surface area contributed by atoms with E-state index in [1.807, 2.05) is 6.92 Å². The van der Waals surface area contributed by atoms with Gasteiger partial charge in [-0.2, -0.15) is 0 Å². The van der Waals surface area contributed by atoms with Crippen molar-refractivity contribution >= 4 is 33.2 Å². The summed E-state index contributed by atoms with van der Waals surface area (Å²) in [6.07, 6.45) is 0.942. The number of carbonyl (C=O) groups is 1. The monoisotopic (exact) mass is 440 g/mol. The summed E-state index contributed by atoms with van der Waals surface area (Å²) in [5.41, 5.74) is 0.757. The first-order valence-corrected chi connectivity index (χ1v) is 11.1. The van der Waals surface area contributed by atoms with Crippen LogP contribution in [0, 0.1) is 11.7 Å². The summed E-state index contributed by atoms with van der Waals surface area (Å²) in [6, 6.07) is 9.35. The van der Waals surface area contributed by atoms with Gasteiger partial charge in [-0.3, -0.25) is 9.52 Å². The zero-order chi connectivity index (χ0) is 21.0. The first-order chi connectivity index (χ1) is 13.8. The molecule has 0 radical (unpaired) electrons. The third-order valence-electron chi connectivity index (χ3n) is 4.76. The van der Waals surface area contributed by atoms with Crippen LogP contribution in [-0.4, -0.2) is 45.5 Å². The summed E-state index contributed by atoms with van der Waals surface area (Å²) in [4.78, 5) is 14.4. The fourth-order valence-electron chi connectivity index (χ4n) is 3.12. The van der Waals surface area contributed by atoms with Crippen LogP contribution in [0.25, 0.3) is 0 Å². The second-order valence-electron chi connectivity index (χ2n) is 6.83. The zero-order valence-electron chi connectivity index (χ0n) is 15.9. The third kappa shape index (κ3) is 5.26. The van der Waals surface area contributed by atoms with Crippen LogP contribution in [0.4, 0.5) is 10.1 Å². The maximum absolute atomic E-state index is 13.3. The number of carbonyl (C=O) groups excluding carboxylic acids is 1. The predicted octanol–water partition coefficient (Wildman–Crippen LogP) is 3.78. The third-order valence-corrected chi connectivity index (χ3v) is 6.43. The van der Waals surface area contributed by atoms with Crippen LogP contribution in [0.15, 0.2) is 47.4 Å². The Labute approximate surface area is 174 Å². The van der Waals surface area contributed by atoms with E-state index in [1.54, 1.807) is 17.0 Å². The van der Waals surface area contributed by atoms with E-state index >= 15 is 0 Å². The van der Waals surface area contributed by atoms with Gasteiger partial charge in [0.25, 0.3) is 15.9 Å². The molecule has 1 aliphatic heterocycles. The molecule has 3 rings (SSSR count). The summed E-state index contributed by atoms with van der Waals surface area (Å²) < 4.78 is 45.9. The van der Waals surface area contributed by atoms with Crippen LogP contribution in [-0.2, 0) is 14.8 Å². The van der Waals surface area contributed by atoms with Gasteiger partial charge in [0.05, 0.1) is 16.5 Å². The van der Waals surface area contributed by atoms with Gasteiger partial charge in [-0.1, -0.05) is 11.6 Å². The van der Waals surface area contributed by atoms with E-state index in [4.69, 9.17) is 16.3 Å². The highest BCUT2D eigenvalue weighted by Gasteiger charge is 2.22. The van der Waals surface area contributed by atoms with Crippen molar-refractivity contribution in [1.82, 2.24) is 4.90 Å². The molecule has 1 N–H and O–H groups in total. The van der Waals surface area contributed by atoms with Gasteiger partial charge in [-0.15, -0.1) is 0 Å². The number of amides is 1. The number of halogens is 2. The number of benzene rings is 2. The SMILES string of the molecule is CCN(CC1CCOC1)C(=O)c1ccc(NS(=O)(=O)c2ccc(F)c(Cl)c2)cc1. The zero-order valence-corrected chi connectivity index (χ0v) is 17.5. The largest absolute Gasteiger partial charge is 0.381 e. The van der Waals surface area contributed by atoms with Crippen molar-refractivity contribution in [3.63, 3.8) is 0 Å². The molecule has 6 nitrogen and oxygen atoms in total. The fourth-order valence-corrected chi connectivity index (χ4v) is 4.45. The minimum atomic E-state index is -3.93. The van der Waals surface area contributed by atoms with E-state index in [2.05, 4.69) is 4.72 Å². The number of ether oxygens (including phenoxy) is 1.